The van der Waals surface area contributed by atoms with Crippen LogP contribution >= 0.6 is 35.3 Å². The molecule has 2 aromatic carbocycles. The van der Waals surface area contributed by atoms with Gasteiger partial charge in [-0.3, -0.25) is 0 Å². The van der Waals surface area contributed by atoms with E-state index >= 15 is 0 Å². The zero-order valence-electron chi connectivity index (χ0n) is 14.7. The molecule has 29 heavy (non-hydrogen) atoms. The highest BCUT2D eigenvalue weighted by Crippen LogP contribution is 2.27. The molecule has 0 spiro atoms. The summed E-state index contributed by atoms with van der Waals surface area (Å²) in [5.74, 6) is 0.00287. The van der Waals surface area contributed by atoms with Gasteiger partial charge in [0, 0.05) is 0 Å². The van der Waals surface area contributed by atoms with E-state index in [0.29, 0.717) is 25.3 Å². The Balaban J connectivity index is 1.56. The molecule has 0 radical (unpaired) electrons. The maximum absolute atomic E-state index is 13.1. The highest BCUT2D eigenvalue weighted by atomic mass is 32.2. The Kier molecular flexibility index (Phi) is 5.44. The first-order valence-corrected chi connectivity index (χ1v) is 10.5. The maximum Gasteiger partial charge on any atom is 0.184 e. The molecule has 0 bridgehead atoms. The van der Waals surface area contributed by atoms with Crippen LogP contribution in [-0.4, -0.2) is 30.6 Å². The minimum atomic E-state index is -0.338. The predicted molar refractivity (Wildman–Crippen MR) is 114 cm³/mol. The van der Waals surface area contributed by atoms with Gasteiger partial charge in [0.05, 0.1) is 22.5 Å². The summed E-state index contributed by atoms with van der Waals surface area (Å²) in [5.41, 5.74) is 2.23. The summed E-state index contributed by atoms with van der Waals surface area (Å²) < 4.78 is 15.8. The number of aliphatic hydroxyl groups excluding tert-OH is 1. The number of aromatic nitrogens is 4. The molecule has 2 aromatic heterocycles. The molecule has 0 unspecified atom stereocenters. The van der Waals surface area contributed by atoms with Crippen molar-refractivity contribution in [3.63, 3.8) is 0 Å². The number of hydrogen-bond donors (Lipinski definition) is 2. The van der Waals surface area contributed by atoms with Gasteiger partial charge in [-0.2, -0.15) is 5.26 Å². The molecular formula is C19H12FN5OS3. The van der Waals surface area contributed by atoms with Crippen LogP contribution in [0, 0.1) is 21.1 Å². The number of rotatable bonds is 5. The van der Waals surface area contributed by atoms with Gasteiger partial charge in [-0.05, 0) is 48.6 Å². The molecule has 10 heteroatoms. The van der Waals surface area contributed by atoms with Gasteiger partial charge in [0.1, 0.15) is 23.2 Å². The number of aromatic amines is 1. The van der Waals surface area contributed by atoms with Gasteiger partial charge in [0.15, 0.2) is 14.1 Å². The molecule has 2 N–H and O–H groups in total. The van der Waals surface area contributed by atoms with Crippen molar-refractivity contribution in [3.8, 4) is 11.8 Å². The smallest absolute Gasteiger partial charge is 0.184 e. The molecule has 0 amide bonds. The van der Waals surface area contributed by atoms with Gasteiger partial charge in [0.2, 0.25) is 0 Å². The lowest BCUT2D eigenvalue weighted by Gasteiger charge is -2.01. The first kappa shape index (κ1) is 19.3. The number of halogens is 1. The van der Waals surface area contributed by atoms with Crippen LogP contribution in [0.1, 0.15) is 5.82 Å². The summed E-state index contributed by atoms with van der Waals surface area (Å²) >= 11 is 7.85. The molecule has 0 atom stereocenters. The van der Waals surface area contributed by atoms with E-state index in [-0.39, 0.29) is 22.9 Å². The highest BCUT2D eigenvalue weighted by Gasteiger charge is 2.15. The third-order valence-electron chi connectivity index (χ3n) is 3.96. The van der Waals surface area contributed by atoms with Gasteiger partial charge >= 0.3 is 0 Å². The molecule has 0 aliphatic heterocycles. The number of benzene rings is 2. The normalized spacial score (nSPS) is 12.0. The van der Waals surface area contributed by atoms with Gasteiger partial charge in [0.25, 0.3) is 0 Å². The average molecular weight is 442 g/mol. The van der Waals surface area contributed by atoms with Gasteiger partial charge in [-0.15, -0.1) is 5.10 Å². The number of para-hydroxylation sites is 2. The van der Waals surface area contributed by atoms with Crippen LogP contribution in [0.15, 0.2) is 58.6 Å². The van der Waals surface area contributed by atoms with Crippen LogP contribution < -0.4 is 0 Å². The lowest BCUT2D eigenvalue weighted by atomic mass is 10.2. The second-order valence-electron chi connectivity index (χ2n) is 5.85. The van der Waals surface area contributed by atoms with E-state index in [2.05, 4.69) is 15.1 Å². The number of thioether (sulfide) groups is 1. The molecule has 2 heterocycles. The number of allylic oxidation sites excluding steroid dienone is 1. The minimum Gasteiger partial charge on any atom is -0.510 e. The Morgan fingerprint density at radius 3 is 2.76 bits per heavy atom. The van der Waals surface area contributed by atoms with Crippen molar-refractivity contribution in [2.45, 2.75) is 4.34 Å². The zero-order chi connectivity index (χ0) is 20.4. The van der Waals surface area contributed by atoms with E-state index in [4.69, 9.17) is 12.2 Å². The molecule has 0 aliphatic carbocycles. The standard InChI is InChI=1S/C19H12FN5OS3/c20-11-5-7-12(8-6-11)25-19(27)29-18(24-25)28-10-16(26)13(9-21)17-22-14-3-1-2-4-15(14)23-17/h1-8,26H,10H2,(H,22,23)/b16-13-. The van der Waals surface area contributed by atoms with Gasteiger partial charge < -0.3 is 10.1 Å². The summed E-state index contributed by atoms with van der Waals surface area (Å²) in [6.45, 7) is 0. The summed E-state index contributed by atoms with van der Waals surface area (Å²) in [5, 5.41) is 24.3. The fourth-order valence-electron chi connectivity index (χ4n) is 2.59. The molecule has 4 aromatic rings. The van der Waals surface area contributed by atoms with Crippen LogP contribution in [0.2, 0.25) is 0 Å². The lowest BCUT2D eigenvalue weighted by molar-refractivity contribution is 0.420. The number of fused-ring (bicyclic) bond motifs is 1. The van der Waals surface area contributed by atoms with Crippen molar-refractivity contribution in [1.29, 1.82) is 5.26 Å². The summed E-state index contributed by atoms with van der Waals surface area (Å²) in [6, 6.07) is 15.2. The molecule has 144 valence electrons. The third kappa shape index (κ3) is 4.07. The van der Waals surface area contributed by atoms with Crippen molar-refractivity contribution in [1.82, 2.24) is 19.7 Å². The Morgan fingerprint density at radius 1 is 1.28 bits per heavy atom. The number of nitrogens with zero attached hydrogens (tertiary/aromatic N) is 4. The summed E-state index contributed by atoms with van der Waals surface area (Å²) in [4.78, 5) is 7.40. The number of imidazole rings is 1. The van der Waals surface area contributed by atoms with Crippen LogP contribution in [-0.2, 0) is 0 Å². The minimum absolute atomic E-state index is 0.0789. The highest BCUT2D eigenvalue weighted by molar-refractivity contribution is 8.01. The number of nitriles is 1. The fraction of sp³-hybridized carbons (Fsp3) is 0.0526. The largest absolute Gasteiger partial charge is 0.510 e. The van der Waals surface area contributed by atoms with Crippen molar-refractivity contribution in [2.24, 2.45) is 0 Å². The number of aliphatic hydroxyl groups is 1. The molecular weight excluding hydrogens is 429 g/mol. The Labute approximate surface area is 178 Å². The quantitative estimate of drug-likeness (QED) is 0.190. The number of H-pyrrole nitrogens is 1. The molecule has 0 saturated heterocycles. The van der Waals surface area contributed by atoms with Crippen molar-refractivity contribution in [2.75, 3.05) is 5.75 Å². The molecule has 0 aliphatic rings. The number of nitrogens with one attached hydrogen (secondary N) is 1. The number of hydrogen-bond acceptors (Lipinski definition) is 7. The van der Waals surface area contributed by atoms with E-state index < -0.39 is 0 Å². The predicted octanol–water partition coefficient (Wildman–Crippen LogP) is 5.26. The van der Waals surface area contributed by atoms with E-state index in [9.17, 15) is 14.8 Å². The lowest BCUT2D eigenvalue weighted by Crippen LogP contribution is -1.97. The second kappa shape index (κ2) is 8.16. The van der Waals surface area contributed by atoms with E-state index in [1.165, 1.54) is 39.9 Å². The first-order valence-electron chi connectivity index (χ1n) is 8.31. The van der Waals surface area contributed by atoms with Gasteiger partial charge in [-0.25, -0.2) is 14.1 Å². The van der Waals surface area contributed by atoms with Crippen molar-refractivity contribution >= 4 is 51.9 Å². The zero-order valence-corrected chi connectivity index (χ0v) is 17.1. The topological polar surface area (TPSA) is 90.5 Å². The molecule has 0 saturated carbocycles. The molecule has 4 rings (SSSR count). The maximum atomic E-state index is 13.1. The average Bonchev–Trinajstić information content (AvgIpc) is 3.31. The van der Waals surface area contributed by atoms with Crippen LogP contribution in [0.4, 0.5) is 4.39 Å². The first-order chi connectivity index (χ1) is 14.0. The molecule has 6 nitrogen and oxygen atoms in total. The van der Waals surface area contributed by atoms with Crippen molar-refractivity contribution in [3.05, 3.63) is 69.9 Å². The van der Waals surface area contributed by atoms with Crippen LogP contribution in [0.25, 0.3) is 22.3 Å². The summed E-state index contributed by atoms with van der Waals surface area (Å²) in [7, 11) is 0. The van der Waals surface area contributed by atoms with Crippen molar-refractivity contribution < 1.29 is 9.50 Å². The molecule has 0 fully saturated rings. The SMILES string of the molecule is N#C/C(=C(/O)CSc1nn(-c2ccc(F)cc2)c(=S)s1)c1nc2ccccc2[nH]1. The Hall–Kier alpha value is -3.00. The fourth-order valence-corrected chi connectivity index (χ4v) is 4.83. The van der Waals surface area contributed by atoms with Crippen LogP contribution in [0.5, 0.6) is 0 Å². The third-order valence-corrected chi connectivity index (χ3v) is 6.34. The Morgan fingerprint density at radius 2 is 2.03 bits per heavy atom. The van der Waals surface area contributed by atoms with Crippen LogP contribution in [0.3, 0.4) is 0 Å². The second-order valence-corrected chi connectivity index (χ2v) is 8.69. The van der Waals surface area contributed by atoms with E-state index in [0.717, 1.165) is 5.52 Å². The summed E-state index contributed by atoms with van der Waals surface area (Å²) in [6.07, 6.45) is 0. The monoisotopic (exact) mass is 441 g/mol. The van der Waals surface area contributed by atoms with E-state index in [1.807, 2.05) is 30.3 Å². The van der Waals surface area contributed by atoms with E-state index in [1.54, 1.807) is 12.1 Å². The van der Waals surface area contributed by atoms with Gasteiger partial charge in [-0.1, -0.05) is 35.2 Å². The Bertz CT molecular complexity index is 1280.